The molecule has 0 fully saturated rings. The van der Waals surface area contributed by atoms with Gasteiger partial charge in [0.05, 0.1) is 17.6 Å². The molecule has 0 unspecified atom stereocenters. The van der Waals surface area contributed by atoms with E-state index in [-0.39, 0.29) is 16.2 Å². The minimum absolute atomic E-state index is 0.0741. The molecule has 0 aliphatic heterocycles. The number of phenols is 1. The van der Waals surface area contributed by atoms with E-state index in [1.165, 1.54) is 25.3 Å². The van der Waals surface area contributed by atoms with E-state index in [9.17, 15) is 18.3 Å². The van der Waals surface area contributed by atoms with Gasteiger partial charge in [0.1, 0.15) is 0 Å². The van der Waals surface area contributed by atoms with Crippen molar-refractivity contribution in [3.05, 3.63) is 54.1 Å². The molecule has 0 bridgehead atoms. The van der Waals surface area contributed by atoms with Gasteiger partial charge in [-0.05, 0) is 24.3 Å². The van der Waals surface area contributed by atoms with Crippen LogP contribution in [-0.4, -0.2) is 31.5 Å². The minimum atomic E-state index is -4.00. The van der Waals surface area contributed by atoms with Crippen molar-refractivity contribution < 1.29 is 27.6 Å². The van der Waals surface area contributed by atoms with Crippen molar-refractivity contribution in [2.45, 2.75) is 4.90 Å². The number of ether oxygens (including phenoxy) is 1. The number of hydrogen-bond acceptors (Lipinski definition) is 5. The smallest absolute Gasteiger partial charge is 0.294 e. The van der Waals surface area contributed by atoms with Gasteiger partial charge >= 0.3 is 0 Å². The molecule has 0 aliphatic carbocycles. The maximum atomic E-state index is 10.4. The van der Waals surface area contributed by atoms with Gasteiger partial charge in [0.25, 0.3) is 10.1 Å². The quantitative estimate of drug-likeness (QED) is 0.665. The summed E-state index contributed by atoms with van der Waals surface area (Å²) in [6.07, 6.45) is 0.581. The summed E-state index contributed by atoms with van der Waals surface area (Å²) in [6, 6.07) is 12.2. The Kier molecular flexibility index (Phi) is 5.89. The molecule has 0 spiro atoms. The lowest BCUT2D eigenvalue weighted by Gasteiger charge is -2.02. The Bertz CT molecular complexity index is 695. The second kappa shape index (κ2) is 7.41. The molecule has 0 aromatic heterocycles. The van der Waals surface area contributed by atoms with Crippen molar-refractivity contribution in [3.8, 4) is 11.5 Å². The average molecular weight is 310 g/mol. The summed E-state index contributed by atoms with van der Waals surface area (Å²) >= 11 is 0. The van der Waals surface area contributed by atoms with E-state index < -0.39 is 10.1 Å². The molecule has 2 aromatic carbocycles. The molecule has 21 heavy (non-hydrogen) atoms. The zero-order chi connectivity index (χ0) is 15.9. The molecule has 0 saturated heterocycles. The standard InChI is InChI=1S/C8H8O3.C6H6O3S/c1-11-7-4-2-3-6(5-9)8(7)10;7-10(8,9)6-4-2-1-3-5-6/h2-5,10H,1H3;1-5H,(H,7,8,9). The van der Waals surface area contributed by atoms with Gasteiger partial charge in [-0.3, -0.25) is 9.35 Å². The Balaban J connectivity index is 0.000000211. The van der Waals surface area contributed by atoms with Crippen LogP contribution >= 0.6 is 0 Å². The van der Waals surface area contributed by atoms with Crippen LogP contribution in [0.4, 0.5) is 0 Å². The molecule has 7 heteroatoms. The summed E-state index contributed by atoms with van der Waals surface area (Å²) < 4.78 is 34.0. The van der Waals surface area contributed by atoms with E-state index in [2.05, 4.69) is 0 Å². The largest absolute Gasteiger partial charge is 0.504 e. The maximum Gasteiger partial charge on any atom is 0.294 e. The van der Waals surface area contributed by atoms with Crippen molar-refractivity contribution in [2.75, 3.05) is 7.11 Å². The number of benzene rings is 2. The summed E-state index contributed by atoms with van der Waals surface area (Å²) in [5.41, 5.74) is 0.240. The van der Waals surface area contributed by atoms with Crippen molar-refractivity contribution in [1.82, 2.24) is 0 Å². The monoisotopic (exact) mass is 310 g/mol. The van der Waals surface area contributed by atoms with Crippen molar-refractivity contribution in [2.24, 2.45) is 0 Å². The SMILES string of the molecule is COc1cccc(C=O)c1O.O=S(=O)(O)c1ccccc1. The fourth-order valence-corrected chi connectivity index (χ4v) is 1.89. The van der Waals surface area contributed by atoms with Gasteiger partial charge in [0, 0.05) is 0 Å². The van der Waals surface area contributed by atoms with E-state index in [4.69, 9.17) is 9.29 Å². The molecule has 0 atom stereocenters. The van der Waals surface area contributed by atoms with Crippen LogP contribution in [0.3, 0.4) is 0 Å². The second-order valence-corrected chi connectivity index (χ2v) is 5.23. The van der Waals surface area contributed by atoms with Crippen LogP contribution in [-0.2, 0) is 10.1 Å². The highest BCUT2D eigenvalue weighted by atomic mass is 32.2. The van der Waals surface area contributed by atoms with Crippen LogP contribution in [0.25, 0.3) is 0 Å². The molecule has 0 aliphatic rings. The number of phenolic OH excluding ortho intramolecular Hbond substituents is 1. The van der Waals surface area contributed by atoms with E-state index >= 15 is 0 Å². The summed E-state index contributed by atoms with van der Waals surface area (Å²) in [5, 5.41) is 9.23. The molecule has 0 saturated carbocycles. The molecule has 2 aromatic rings. The average Bonchev–Trinajstić information content (AvgIpc) is 2.48. The first-order valence-corrected chi connectivity index (χ1v) is 7.18. The minimum Gasteiger partial charge on any atom is -0.504 e. The number of aromatic hydroxyl groups is 1. The van der Waals surface area contributed by atoms with Crippen molar-refractivity contribution in [1.29, 1.82) is 0 Å². The number of rotatable bonds is 3. The maximum absolute atomic E-state index is 10.4. The van der Waals surface area contributed by atoms with Crippen molar-refractivity contribution >= 4 is 16.4 Å². The molecule has 2 rings (SSSR count). The molecule has 112 valence electrons. The summed E-state index contributed by atoms with van der Waals surface area (Å²) in [7, 11) is -2.57. The van der Waals surface area contributed by atoms with Gasteiger partial charge in [-0.1, -0.05) is 24.3 Å². The van der Waals surface area contributed by atoms with Gasteiger partial charge < -0.3 is 9.84 Å². The summed E-state index contributed by atoms with van der Waals surface area (Å²) in [4.78, 5) is 10.2. The van der Waals surface area contributed by atoms with E-state index in [1.54, 1.807) is 30.3 Å². The van der Waals surface area contributed by atoms with Gasteiger partial charge in [-0.2, -0.15) is 8.42 Å². The molecular formula is C14H14O6S. The van der Waals surface area contributed by atoms with Crippen LogP contribution < -0.4 is 4.74 Å². The molecule has 6 nitrogen and oxygen atoms in total. The normalized spacial score (nSPS) is 10.2. The number of para-hydroxylation sites is 1. The highest BCUT2D eigenvalue weighted by molar-refractivity contribution is 7.85. The lowest BCUT2D eigenvalue weighted by atomic mass is 10.2. The fraction of sp³-hybridized carbons (Fsp3) is 0.0714. The fourth-order valence-electron chi connectivity index (χ4n) is 1.39. The number of aldehydes is 1. The van der Waals surface area contributed by atoms with E-state index in [0.717, 1.165) is 0 Å². The Labute approximate surface area is 122 Å². The highest BCUT2D eigenvalue weighted by Crippen LogP contribution is 2.27. The summed E-state index contributed by atoms with van der Waals surface area (Å²) in [5.74, 6) is 0.208. The van der Waals surface area contributed by atoms with Gasteiger partial charge in [0.2, 0.25) is 0 Å². The van der Waals surface area contributed by atoms with Gasteiger partial charge in [0.15, 0.2) is 17.8 Å². The number of methoxy groups -OCH3 is 1. The molecule has 2 N–H and O–H groups in total. The first-order chi connectivity index (χ1) is 9.90. The van der Waals surface area contributed by atoms with Crippen LogP contribution in [0.2, 0.25) is 0 Å². The van der Waals surface area contributed by atoms with E-state index in [1.807, 2.05) is 0 Å². The first-order valence-electron chi connectivity index (χ1n) is 5.74. The lowest BCUT2D eigenvalue weighted by Crippen LogP contribution is -1.96. The van der Waals surface area contributed by atoms with Crippen molar-refractivity contribution in [3.63, 3.8) is 0 Å². The number of carbonyl (C=O) groups is 1. The van der Waals surface area contributed by atoms with Gasteiger partial charge in [-0.25, -0.2) is 0 Å². The predicted octanol–water partition coefficient (Wildman–Crippen LogP) is 2.15. The number of hydrogen-bond donors (Lipinski definition) is 2. The Morgan fingerprint density at radius 2 is 1.67 bits per heavy atom. The van der Waals surface area contributed by atoms with Crippen LogP contribution in [0.5, 0.6) is 11.5 Å². The molecular weight excluding hydrogens is 296 g/mol. The third-order valence-electron chi connectivity index (χ3n) is 2.42. The Morgan fingerprint density at radius 3 is 2.10 bits per heavy atom. The topological polar surface area (TPSA) is 101 Å². The van der Waals surface area contributed by atoms with Crippen LogP contribution in [0.15, 0.2) is 53.4 Å². The zero-order valence-corrected chi connectivity index (χ0v) is 11.9. The molecule has 0 heterocycles. The summed E-state index contributed by atoms with van der Waals surface area (Å²) in [6.45, 7) is 0. The Hall–Kier alpha value is -2.38. The Morgan fingerprint density at radius 1 is 1.05 bits per heavy atom. The third kappa shape index (κ3) is 4.90. The third-order valence-corrected chi connectivity index (χ3v) is 3.29. The predicted molar refractivity (Wildman–Crippen MR) is 76.3 cm³/mol. The number of carbonyl (C=O) groups excluding carboxylic acids is 1. The highest BCUT2D eigenvalue weighted by Gasteiger charge is 2.06. The van der Waals surface area contributed by atoms with Crippen LogP contribution in [0, 0.1) is 0 Å². The molecule has 0 radical (unpaired) electrons. The molecule has 0 amide bonds. The lowest BCUT2D eigenvalue weighted by molar-refractivity contribution is 0.112. The van der Waals surface area contributed by atoms with Crippen LogP contribution in [0.1, 0.15) is 10.4 Å². The zero-order valence-electron chi connectivity index (χ0n) is 11.1. The van der Waals surface area contributed by atoms with Gasteiger partial charge in [-0.15, -0.1) is 0 Å². The second-order valence-electron chi connectivity index (χ2n) is 3.80. The first kappa shape index (κ1) is 16.7. The van der Waals surface area contributed by atoms with E-state index in [0.29, 0.717) is 12.0 Å².